The summed E-state index contributed by atoms with van der Waals surface area (Å²) in [6.45, 7) is 9.94. The largest absolute Gasteiger partial charge is 0.491 e. The van der Waals surface area contributed by atoms with Crippen molar-refractivity contribution >= 4 is 6.09 Å². The molecule has 2 atom stereocenters. The molecule has 1 aliphatic carbocycles. The van der Waals surface area contributed by atoms with E-state index in [-0.39, 0.29) is 29.5 Å². The summed E-state index contributed by atoms with van der Waals surface area (Å²) in [5.74, 6) is 0.432. The van der Waals surface area contributed by atoms with E-state index >= 15 is 0 Å². The molecule has 0 unspecified atom stereocenters. The van der Waals surface area contributed by atoms with Crippen molar-refractivity contribution in [2.45, 2.75) is 58.6 Å². The Kier molecular flexibility index (Phi) is 6.28. The van der Waals surface area contributed by atoms with Crippen LogP contribution >= 0.6 is 0 Å². The molecule has 182 valence electrons. The van der Waals surface area contributed by atoms with Gasteiger partial charge in [-0.25, -0.2) is 9.18 Å². The predicted octanol–water partition coefficient (Wildman–Crippen LogP) is 5.73. The van der Waals surface area contributed by atoms with Crippen molar-refractivity contribution in [2.75, 3.05) is 26.2 Å². The normalized spacial score (nSPS) is 26.7. The van der Waals surface area contributed by atoms with Gasteiger partial charge in [0.2, 0.25) is 0 Å². The average Bonchev–Trinajstić information content (AvgIpc) is 3.07. The van der Waals surface area contributed by atoms with Crippen LogP contribution < -0.4 is 10.1 Å². The van der Waals surface area contributed by atoms with Gasteiger partial charge in [0.1, 0.15) is 6.10 Å². The number of hydrogen-bond acceptors (Lipinski definition) is 4. The van der Waals surface area contributed by atoms with Crippen molar-refractivity contribution in [3.8, 4) is 16.9 Å². The van der Waals surface area contributed by atoms with Crippen LogP contribution in [0.25, 0.3) is 11.1 Å². The van der Waals surface area contributed by atoms with Crippen LogP contribution in [0, 0.1) is 17.2 Å². The lowest BCUT2D eigenvalue weighted by molar-refractivity contribution is -0.0348. The summed E-state index contributed by atoms with van der Waals surface area (Å²) >= 11 is 0. The van der Waals surface area contributed by atoms with E-state index in [1.807, 2.05) is 19.1 Å². The van der Waals surface area contributed by atoms with Gasteiger partial charge in [-0.3, -0.25) is 4.90 Å². The molecule has 0 saturated carbocycles. The molecule has 1 N–H and O–H groups in total. The third kappa shape index (κ3) is 4.52. The van der Waals surface area contributed by atoms with Crippen LogP contribution in [0.1, 0.15) is 57.2 Å². The maximum atomic E-state index is 14.5. The van der Waals surface area contributed by atoms with Crippen molar-refractivity contribution in [3.63, 3.8) is 0 Å². The lowest BCUT2D eigenvalue weighted by atomic mass is 9.85. The summed E-state index contributed by atoms with van der Waals surface area (Å²) in [4.78, 5) is 15.3. The van der Waals surface area contributed by atoms with Gasteiger partial charge in [-0.2, -0.15) is 0 Å². The Morgan fingerprint density at radius 1 is 1.15 bits per heavy atom. The van der Waals surface area contributed by atoms with E-state index in [2.05, 4.69) is 36.2 Å². The molecular formula is C28H35FN2O3. The van der Waals surface area contributed by atoms with Crippen molar-refractivity contribution < 1.29 is 18.7 Å². The Balaban J connectivity index is 1.30. The minimum absolute atomic E-state index is 0.00645. The number of fused-ring (bicyclic) bond motifs is 4. The third-order valence-corrected chi connectivity index (χ3v) is 7.73. The van der Waals surface area contributed by atoms with E-state index in [1.54, 1.807) is 6.07 Å². The molecule has 3 heterocycles. The van der Waals surface area contributed by atoms with Crippen LogP contribution in [0.15, 0.2) is 36.4 Å². The van der Waals surface area contributed by atoms with Crippen molar-refractivity contribution in [3.05, 3.63) is 53.3 Å². The summed E-state index contributed by atoms with van der Waals surface area (Å²) in [6.07, 6.45) is 3.58. The number of alkyl carbamates (subject to hydrolysis) is 1. The summed E-state index contributed by atoms with van der Waals surface area (Å²) in [6, 6.07) is 11.2. The highest BCUT2D eigenvalue weighted by Gasteiger charge is 2.42. The number of carbonyl (C=O) groups is 1. The first-order valence-corrected chi connectivity index (χ1v) is 12.6. The molecule has 6 rings (SSSR count). The fraction of sp³-hybridized carbons (Fsp3) is 0.536. The summed E-state index contributed by atoms with van der Waals surface area (Å²) in [5.41, 5.74) is 3.94. The SMILES string of the molecule is CCCOc1ccc(-c2ccc3c(c2)CC(C)(C)[C@H]3NC(=O)O[C@H]2CN3CCC2CC3)cc1F. The third-order valence-electron chi connectivity index (χ3n) is 7.73. The Bertz CT molecular complexity index is 1060. The average molecular weight is 467 g/mol. The van der Waals surface area contributed by atoms with Gasteiger partial charge in [0, 0.05) is 6.54 Å². The van der Waals surface area contributed by atoms with Gasteiger partial charge in [0.15, 0.2) is 11.6 Å². The summed E-state index contributed by atoms with van der Waals surface area (Å²) < 4.78 is 25.9. The number of rotatable bonds is 6. The van der Waals surface area contributed by atoms with E-state index in [9.17, 15) is 9.18 Å². The molecule has 2 bridgehead atoms. The molecule has 0 radical (unpaired) electrons. The van der Waals surface area contributed by atoms with Crippen LogP contribution in [0.4, 0.5) is 9.18 Å². The van der Waals surface area contributed by atoms with Crippen LogP contribution in [0.3, 0.4) is 0 Å². The molecule has 3 saturated heterocycles. The van der Waals surface area contributed by atoms with Crippen molar-refractivity contribution in [2.24, 2.45) is 11.3 Å². The fourth-order valence-electron chi connectivity index (χ4n) is 5.85. The maximum Gasteiger partial charge on any atom is 0.407 e. The van der Waals surface area contributed by atoms with Gasteiger partial charge < -0.3 is 14.8 Å². The first kappa shape index (κ1) is 23.2. The Labute approximate surface area is 201 Å². The molecule has 6 heteroatoms. The lowest BCUT2D eigenvalue weighted by Crippen LogP contribution is -2.53. The zero-order valence-corrected chi connectivity index (χ0v) is 20.4. The first-order valence-electron chi connectivity index (χ1n) is 12.6. The van der Waals surface area contributed by atoms with Gasteiger partial charge in [-0.05, 0) is 84.5 Å². The van der Waals surface area contributed by atoms with Gasteiger partial charge in [-0.1, -0.05) is 45.0 Å². The van der Waals surface area contributed by atoms with Crippen molar-refractivity contribution in [1.82, 2.24) is 10.2 Å². The number of nitrogens with zero attached hydrogens (tertiary/aromatic N) is 1. The highest BCUT2D eigenvalue weighted by molar-refractivity contribution is 5.70. The number of amides is 1. The molecule has 4 aliphatic rings. The number of piperidine rings is 3. The second kappa shape index (κ2) is 9.21. The van der Waals surface area contributed by atoms with Gasteiger partial charge >= 0.3 is 6.09 Å². The minimum Gasteiger partial charge on any atom is -0.491 e. The number of halogens is 1. The van der Waals surface area contributed by atoms with E-state index < -0.39 is 0 Å². The highest BCUT2D eigenvalue weighted by Crippen LogP contribution is 2.46. The molecule has 2 aromatic rings. The Hall–Kier alpha value is -2.60. The number of nitrogens with one attached hydrogen (secondary N) is 1. The molecule has 5 nitrogen and oxygen atoms in total. The fourth-order valence-corrected chi connectivity index (χ4v) is 5.85. The second-order valence-corrected chi connectivity index (χ2v) is 10.7. The first-order chi connectivity index (χ1) is 16.3. The minimum atomic E-state index is -0.346. The highest BCUT2D eigenvalue weighted by atomic mass is 19.1. The van der Waals surface area contributed by atoms with Gasteiger partial charge in [-0.15, -0.1) is 0 Å². The number of benzene rings is 2. The van der Waals surface area contributed by atoms with E-state index in [0.717, 1.165) is 62.0 Å². The maximum absolute atomic E-state index is 14.5. The van der Waals surface area contributed by atoms with E-state index in [0.29, 0.717) is 18.3 Å². The molecule has 2 aromatic carbocycles. The zero-order valence-electron chi connectivity index (χ0n) is 20.4. The predicted molar refractivity (Wildman–Crippen MR) is 130 cm³/mol. The van der Waals surface area contributed by atoms with Gasteiger partial charge in [0.25, 0.3) is 0 Å². The van der Waals surface area contributed by atoms with E-state index in [4.69, 9.17) is 9.47 Å². The number of ether oxygens (including phenoxy) is 2. The molecule has 3 fully saturated rings. The summed E-state index contributed by atoms with van der Waals surface area (Å²) in [7, 11) is 0. The van der Waals surface area contributed by atoms with Gasteiger partial charge in [0.05, 0.1) is 12.6 Å². The summed E-state index contributed by atoms with van der Waals surface area (Å²) in [5, 5.41) is 3.17. The van der Waals surface area contributed by atoms with Crippen LogP contribution in [-0.2, 0) is 11.2 Å². The molecule has 0 aromatic heterocycles. The standard InChI is InChI=1S/C28H35FN2O3/c1-4-13-33-24-8-6-20(15-23(24)29)19-5-7-22-21(14-19)16-28(2,3)26(22)30-27(32)34-25-17-31-11-9-18(25)10-12-31/h5-8,14-15,18,25-26H,4,9-13,16-17H2,1-3H3,(H,30,32)/t25-,26-/m0/s1. The van der Waals surface area contributed by atoms with Crippen LogP contribution in [-0.4, -0.2) is 43.3 Å². The zero-order chi connectivity index (χ0) is 23.9. The Morgan fingerprint density at radius 2 is 1.88 bits per heavy atom. The van der Waals surface area contributed by atoms with E-state index in [1.165, 1.54) is 11.6 Å². The smallest absolute Gasteiger partial charge is 0.407 e. The molecular weight excluding hydrogens is 431 g/mol. The molecule has 3 aliphatic heterocycles. The lowest BCUT2D eigenvalue weighted by Gasteiger charge is -2.44. The topological polar surface area (TPSA) is 50.8 Å². The molecule has 0 spiro atoms. The van der Waals surface area contributed by atoms with Crippen LogP contribution in [0.5, 0.6) is 5.75 Å². The number of hydrogen-bond donors (Lipinski definition) is 1. The van der Waals surface area contributed by atoms with Crippen LogP contribution in [0.2, 0.25) is 0 Å². The number of carbonyl (C=O) groups excluding carboxylic acids is 1. The Morgan fingerprint density at radius 3 is 2.56 bits per heavy atom. The quantitative estimate of drug-likeness (QED) is 0.591. The molecule has 34 heavy (non-hydrogen) atoms. The molecule has 1 amide bonds. The monoisotopic (exact) mass is 466 g/mol. The second-order valence-electron chi connectivity index (χ2n) is 10.7. The van der Waals surface area contributed by atoms with Crippen molar-refractivity contribution in [1.29, 1.82) is 0 Å².